The van der Waals surface area contributed by atoms with Crippen LogP contribution in [0.15, 0.2) is 58.4 Å². The molecule has 0 saturated carbocycles. The van der Waals surface area contributed by atoms with E-state index in [-0.39, 0.29) is 17.7 Å². The van der Waals surface area contributed by atoms with E-state index in [1.807, 2.05) is 12.1 Å². The van der Waals surface area contributed by atoms with Crippen LogP contribution in [-0.4, -0.2) is 30.7 Å². The van der Waals surface area contributed by atoms with Gasteiger partial charge in [0.05, 0.1) is 12.0 Å². The maximum absolute atomic E-state index is 12.2. The Balaban J connectivity index is 1.78. The highest BCUT2D eigenvalue weighted by Crippen LogP contribution is 2.31. The topological polar surface area (TPSA) is 101 Å². The molecule has 1 heterocycles. The second kappa shape index (κ2) is 8.88. The van der Waals surface area contributed by atoms with E-state index in [0.29, 0.717) is 27.5 Å². The molecule has 1 saturated heterocycles. The van der Waals surface area contributed by atoms with Gasteiger partial charge in [-0.15, -0.1) is 0 Å². The number of aliphatic imine (C=N–C) groups is 1. The van der Waals surface area contributed by atoms with Gasteiger partial charge in [0.2, 0.25) is 0 Å². The van der Waals surface area contributed by atoms with Gasteiger partial charge in [-0.2, -0.15) is 10.3 Å². The maximum Gasteiger partial charge on any atom is 0.279 e. The molecule has 1 fully saturated rings. The highest BCUT2D eigenvalue weighted by atomic mass is 32.2. The zero-order valence-corrected chi connectivity index (χ0v) is 15.7. The maximum atomic E-state index is 12.2. The molecule has 0 radical (unpaired) electrons. The highest BCUT2D eigenvalue weighted by Gasteiger charge is 2.25. The Morgan fingerprint density at radius 3 is 2.75 bits per heavy atom. The van der Waals surface area contributed by atoms with E-state index in [4.69, 9.17) is 14.7 Å². The van der Waals surface area contributed by atoms with Crippen LogP contribution in [0.2, 0.25) is 0 Å². The van der Waals surface area contributed by atoms with Crippen LogP contribution in [0.1, 0.15) is 15.9 Å². The average molecular weight is 393 g/mol. The van der Waals surface area contributed by atoms with Crippen LogP contribution >= 0.6 is 11.8 Å². The van der Waals surface area contributed by atoms with Gasteiger partial charge in [0.25, 0.3) is 11.8 Å². The number of rotatable bonds is 5. The normalized spacial score (nSPS) is 15.9. The number of nitriles is 1. The Labute approximate surface area is 165 Å². The number of ether oxygens (including phenoxy) is 2. The Morgan fingerprint density at radius 2 is 2.04 bits per heavy atom. The summed E-state index contributed by atoms with van der Waals surface area (Å²) in [5.74, 6) is 0.116. The molecule has 0 spiro atoms. The molecular weight excluding hydrogens is 378 g/mol. The van der Waals surface area contributed by atoms with Gasteiger partial charge in [-0.05, 0) is 47.7 Å². The molecule has 0 aromatic heterocycles. The van der Waals surface area contributed by atoms with E-state index < -0.39 is 5.91 Å². The molecule has 1 aliphatic rings. The molecule has 0 aliphatic carbocycles. The SMILES string of the molecule is COc1cc(/C=C2\SC(=NC(=O)c3ccccc3)NC2=O)ccc1OCC#N. The number of thioether (sulfide) groups is 1. The Bertz CT molecular complexity index is 1010. The first-order valence-electron chi connectivity index (χ1n) is 8.17. The van der Waals surface area contributed by atoms with Gasteiger partial charge in [0.15, 0.2) is 23.3 Å². The first-order valence-corrected chi connectivity index (χ1v) is 8.99. The Hall–Kier alpha value is -3.57. The van der Waals surface area contributed by atoms with E-state index in [1.54, 1.807) is 48.5 Å². The van der Waals surface area contributed by atoms with Crippen LogP contribution in [0.25, 0.3) is 6.08 Å². The summed E-state index contributed by atoms with van der Waals surface area (Å²) in [6.45, 7) is -0.0929. The second-order valence-electron chi connectivity index (χ2n) is 5.51. The minimum Gasteiger partial charge on any atom is -0.493 e. The second-order valence-corrected chi connectivity index (χ2v) is 6.54. The molecule has 2 aromatic carbocycles. The number of methoxy groups -OCH3 is 1. The summed E-state index contributed by atoms with van der Waals surface area (Å²) < 4.78 is 10.5. The standard InChI is InChI=1S/C20H15N3O4S/c1-26-16-11-13(7-8-15(16)27-10-9-21)12-17-19(25)23-20(28-17)22-18(24)14-5-3-2-4-6-14/h2-8,11-12H,10H2,1H3,(H,22,23,24,25)/b17-12-. The largest absolute Gasteiger partial charge is 0.493 e. The average Bonchev–Trinajstić information content (AvgIpc) is 3.06. The minimum atomic E-state index is -0.426. The van der Waals surface area contributed by atoms with Crippen molar-refractivity contribution in [1.82, 2.24) is 5.32 Å². The Morgan fingerprint density at radius 1 is 1.25 bits per heavy atom. The van der Waals surface area contributed by atoms with Crippen molar-refractivity contribution in [3.63, 3.8) is 0 Å². The molecule has 28 heavy (non-hydrogen) atoms. The summed E-state index contributed by atoms with van der Waals surface area (Å²) in [6.07, 6.45) is 1.66. The monoisotopic (exact) mass is 393 g/mol. The third-order valence-electron chi connectivity index (χ3n) is 3.65. The molecule has 140 valence electrons. The van der Waals surface area contributed by atoms with Gasteiger partial charge in [-0.25, -0.2) is 0 Å². The summed E-state index contributed by atoms with van der Waals surface area (Å²) in [6, 6.07) is 15.6. The van der Waals surface area contributed by atoms with Crippen molar-refractivity contribution in [2.45, 2.75) is 0 Å². The molecule has 7 nitrogen and oxygen atoms in total. The first-order chi connectivity index (χ1) is 13.6. The summed E-state index contributed by atoms with van der Waals surface area (Å²) in [5.41, 5.74) is 1.15. The van der Waals surface area contributed by atoms with Crippen molar-refractivity contribution in [2.24, 2.45) is 4.99 Å². The fourth-order valence-electron chi connectivity index (χ4n) is 2.37. The lowest BCUT2D eigenvalue weighted by Crippen LogP contribution is -2.20. The molecule has 3 rings (SSSR count). The molecular formula is C20H15N3O4S. The van der Waals surface area contributed by atoms with Crippen molar-refractivity contribution in [2.75, 3.05) is 13.7 Å². The van der Waals surface area contributed by atoms with E-state index in [2.05, 4.69) is 10.3 Å². The smallest absolute Gasteiger partial charge is 0.279 e. The number of nitrogens with one attached hydrogen (secondary N) is 1. The van der Waals surface area contributed by atoms with Gasteiger partial charge >= 0.3 is 0 Å². The molecule has 1 aliphatic heterocycles. The quantitative estimate of drug-likeness (QED) is 0.784. The Kier molecular flexibility index (Phi) is 6.09. The molecule has 0 unspecified atom stereocenters. The lowest BCUT2D eigenvalue weighted by Gasteiger charge is -2.08. The molecule has 1 N–H and O–H groups in total. The molecule has 2 amide bonds. The third kappa shape index (κ3) is 4.58. The summed E-state index contributed by atoms with van der Waals surface area (Å²) in [4.78, 5) is 28.7. The van der Waals surface area contributed by atoms with E-state index in [1.165, 1.54) is 7.11 Å². The van der Waals surface area contributed by atoms with Gasteiger partial charge < -0.3 is 14.8 Å². The summed E-state index contributed by atoms with van der Waals surface area (Å²) in [5, 5.41) is 11.4. The summed E-state index contributed by atoms with van der Waals surface area (Å²) in [7, 11) is 1.49. The van der Waals surface area contributed by atoms with Crippen molar-refractivity contribution >= 4 is 34.8 Å². The van der Waals surface area contributed by atoms with Crippen molar-refractivity contribution in [3.05, 3.63) is 64.6 Å². The number of nitrogens with zero attached hydrogens (tertiary/aromatic N) is 2. The zero-order chi connectivity index (χ0) is 19.9. The lowest BCUT2D eigenvalue weighted by molar-refractivity contribution is -0.115. The molecule has 2 aromatic rings. The number of carbonyl (C=O) groups excluding carboxylic acids is 2. The molecule has 0 bridgehead atoms. The van der Waals surface area contributed by atoms with Crippen LogP contribution in [0.5, 0.6) is 11.5 Å². The zero-order valence-electron chi connectivity index (χ0n) is 14.8. The van der Waals surface area contributed by atoms with Crippen molar-refractivity contribution in [3.8, 4) is 17.6 Å². The van der Waals surface area contributed by atoms with E-state index in [0.717, 1.165) is 11.8 Å². The van der Waals surface area contributed by atoms with Crippen LogP contribution < -0.4 is 14.8 Å². The lowest BCUT2D eigenvalue weighted by atomic mass is 10.2. The van der Waals surface area contributed by atoms with Crippen molar-refractivity contribution in [1.29, 1.82) is 5.26 Å². The highest BCUT2D eigenvalue weighted by molar-refractivity contribution is 8.18. The van der Waals surface area contributed by atoms with Crippen molar-refractivity contribution < 1.29 is 19.1 Å². The van der Waals surface area contributed by atoms with Gasteiger partial charge in [-0.1, -0.05) is 24.3 Å². The predicted octanol–water partition coefficient (Wildman–Crippen LogP) is 3.00. The number of hydrogen-bond donors (Lipinski definition) is 1. The van der Waals surface area contributed by atoms with Crippen LogP contribution in [0.4, 0.5) is 0 Å². The molecule has 8 heteroatoms. The minimum absolute atomic E-state index is 0.0929. The first kappa shape index (κ1) is 19.2. The number of amidine groups is 1. The molecule has 0 atom stereocenters. The van der Waals surface area contributed by atoms with Crippen LogP contribution in [-0.2, 0) is 4.79 Å². The number of benzene rings is 2. The number of carbonyl (C=O) groups is 2. The van der Waals surface area contributed by atoms with Gasteiger partial charge in [-0.3, -0.25) is 9.59 Å². The van der Waals surface area contributed by atoms with Gasteiger partial charge in [0.1, 0.15) is 6.07 Å². The fraction of sp³-hybridized carbons (Fsp3) is 0.100. The third-order valence-corrected chi connectivity index (χ3v) is 4.56. The fourth-order valence-corrected chi connectivity index (χ4v) is 3.19. The number of amides is 2. The number of hydrogen-bond acceptors (Lipinski definition) is 6. The van der Waals surface area contributed by atoms with E-state index in [9.17, 15) is 9.59 Å². The van der Waals surface area contributed by atoms with E-state index >= 15 is 0 Å². The summed E-state index contributed by atoms with van der Waals surface area (Å²) >= 11 is 1.08. The predicted molar refractivity (Wildman–Crippen MR) is 106 cm³/mol. The van der Waals surface area contributed by atoms with Gasteiger partial charge in [0, 0.05) is 5.56 Å². The van der Waals surface area contributed by atoms with Crippen LogP contribution in [0.3, 0.4) is 0 Å². The van der Waals surface area contributed by atoms with Crippen LogP contribution in [0, 0.1) is 11.3 Å².